The predicted molar refractivity (Wildman–Crippen MR) is 94.7 cm³/mol. The maximum Gasteiger partial charge on any atom is 0.227 e. The molecule has 3 rings (SSSR count). The van der Waals surface area contributed by atoms with Crippen molar-refractivity contribution < 1.29 is 14.0 Å². The molecule has 25 heavy (non-hydrogen) atoms. The molecule has 2 heterocycles. The summed E-state index contributed by atoms with van der Waals surface area (Å²) < 4.78 is 14.6. The first-order valence-corrected chi connectivity index (χ1v) is 9.19. The van der Waals surface area contributed by atoms with Gasteiger partial charge in [0.15, 0.2) is 0 Å². The van der Waals surface area contributed by atoms with Crippen LogP contribution in [0.1, 0.15) is 43.7 Å². The summed E-state index contributed by atoms with van der Waals surface area (Å²) in [6.07, 6.45) is 3.32. The van der Waals surface area contributed by atoms with Gasteiger partial charge in [0.1, 0.15) is 5.82 Å². The second-order valence-corrected chi connectivity index (χ2v) is 6.89. The molecule has 1 saturated heterocycles. The van der Waals surface area contributed by atoms with Gasteiger partial charge in [-0.15, -0.1) is 0 Å². The third kappa shape index (κ3) is 4.00. The van der Waals surface area contributed by atoms with E-state index in [2.05, 4.69) is 10.6 Å². The summed E-state index contributed by atoms with van der Waals surface area (Å²) in [5.74, 6) is -0.447. The molecule has 0 aliphatic carbocycles. The zero-order valence-corrected chi connectivity index (χ0v) is 14.7. The van der Waals surface area contributed by atoms with E-state index < -0.39 is 0 Å². The van der Waals surface area contributed by atoms with Crippen LogP contribution in [0.15, 0.2) is 12.1 Å². The second kappa shape index (κ2) is 7.95. The molecule has 2 amide bonds. The molecule has 0 radical (unpaired) electrons. The van der Waals surface area contributed by atoms with Gasteiger partial charge < -0.3 is 15.5 Å². The highest BCUT2D eigenvalue weighted by atomic mass is 19.1. The van der Waals surface area contributed by atoms with Crippen molar-refractivity contribution in [3.05, 3.63) is 29.1 Å². The Bertz CT molecular complexity index is 654. The number of carbonyl (C=O) groups excluding carboxylic acids is 2. The fraction of sp³-hybridized carbons (Fsp3) is 0.579. The summed E-state index contributed by atoms with van der Waals surface area (Å²) in [6.45, 7) is 4.63. The lowest BCUT2D eigenvalue weighted by atomic mass is 9.95. The minimum atomic E-state index is -0.303. The molecule has 2 aliphatic heterocycles. The normalized spacial score (nSPS) is 17.9. The number of nitrogens with one attached hydrogen (secondary N) is 2. The summed E-state index contributed by atoms with van der Waals surface area (Å²) in [4.78, 5) is 26.2. The van der Waals surface area contributed by atoms with Crippen LogP contribution in [0.25, 0.3) is 0 Å². The number of amides is 2. The molecule has 6 heteroatoms. The van der Waals surface area contributed by atoms with Gasteiger partial charge in [0, 0.05) is 32.0 Å². The van der Waals surface area contributed by atoms with Crippen molar-refractivity contribution >= 4 is 17.5 Å². The predicted octanol–water partition coefficient (Wildman–Crippen LogP) is 2.45. The molecule has 1 fully saturated rings. The Kier molecular flexibility index (Phi) is 5.68. The van der Waals surface area contributed by atoms with E-state index in [1.807, 2.05) is 17.9 Å². The number of hydrogen-bond acceptors (Lipinski definition) is 3. The summed E-state index contributed by atoms with van der Waals surface area (Å²) >= 11 is 0. The number of nitrogens with zero attached hydrogens (tertiary/aromatic N) is 1. The van der Waals surface area contributed by atoms with Crippen molar-refractivity contribution in [1.29, 1.82) is 0 Å². The first kappa shape index (κ1) is 17.9. The van der Waals surface area contributed by atoms with Crippen LogP contribution >= 0.6 is 0 Å². The van der Waals surface area contributed by atoms with Crippen LogP contribution < -0.4 is 10.6 Å². The van der Waals surface area contributed by atoms with Gasteiger partial charge in [-0.05, 0) is 49.4 Å². The number of rotatable bonds is 4. The van der Waals surface area contributed by atoms with Crippen molar-refractivity contribution in [1.82, 2.24) is 10.2 Å². The number of likely N-dealkylation sites (tertiary alicyclic amines) is 1. The summed E-state index contributed by atoms with van der Waals surface area (Å²) in [5, 5.41) is 5.98. The number of anilines is 1. The Morgan fingerprint density at radius 1 is 1.32 bits per heavy atom. The zero-order chi connectivity index (χ0) is 17.8. The number of halogens is 1. The molecule has 2 aliphatic rings. The SMILES string of the molecule is CCCC(=O)N1CCC(C(=O)Nc2ccc3c(c2F)CCNC3)CC1. The number of carbonyl (C=O) groups is 2. The molecule has 0 aromatic heterocycles. The van der Waals surface area contributed by atoms with Crippen LogP contribution in [0.4, 0.5) is 10.1 Å². The molecule has 5 nitrogen and oxygen atoms in total. The zero-order valence-electron chi connectivity index (χ0n) is 14.7. The lowest BCUT2D eigenvalue weighted by Crippen LogP contribution is -2.41. The van der Waals surface area contributed by atoms with E-state index in [1.54, 1.807) is 6.07 Å². The average Bonchev–Trinajstić information content (AvgIpc) is 2.64. The van der Waals surface area contributed by atoms with Crippen LogP contribution in [-0.2, 0) is 22.6 Å². The Morgan fingerprint density at radius 3 is 2.80 bits per heavy atom. The Labute approximate surface area is 148 Å². The first-order valence-electron chi connectivity index (χ1n) is 9.19. The topological polar surface area (TPSA) is 61.4 Å². The third-order valence-electron chi connectivity index (χ3n) is 5.15. The Morgan fingerprint density at radius 2 is 2.08 bits per heavy atom. The Balaban J connectivity index is 1.59. The lowest BCUT2D eigenvalue weighted by Gasteiger charge is -2.31. The van der Waals surface area contributed by atoms with Crippen molar-refractivity contribution in [3.8, 4) is 0 Å². The van der Waals surface area contributed by atoms with Gasteiger partial charge in [-0.25, -0.2) is 4.39 Å². The van der Waals surface area contributed by atoms with E-state index in [-0.39, 0.29) is 29.2 Å². The number of benzene rings is 1. The molecule has 0 unspecified atom stereocenters. The Hall–Kier alpha value is -1.95. The molecule has 2 N–H and O–H groups in total. The minimum Gasteiger partial charge on any atom is -0.343 e. The van der Waals surface area contributed by atoms with Gasteiger partial charge in [0.25, 0.3) is 0 Å². The first-order chi connectivity index (χ1) is 12.1. The van der Waals surface area contributed by atoms with Crippen molar-refractivity contribution in [2.45, 2.75) is 45.6 Å². The largest absolute Gasteiger partial charge is 0.343 e. The lowest BCUT2D eigenvalue weighted by molar-refractivity contribution is -0.134. The van der Waals surface area contributed by atoms with Crippen LogP contribution in [0.5, 0.6) is 0 Å². The quantitative estimate of drug-likeness (QED) is 0.879. The highest BCUT2D eigenvalue weighted by molar-refractivity contribution is 5.93. The van der Waals surface area contributed by atoms with E-state index in [1.165, 1.54) is 0 Å². The molecule has 1 aromatic carbocycles. The monoisotopic (exact) mass is 347 g/mol. The molecule has 0 atom stereocenters. The van der Waals surface area contributed by atoms with E-state index in [0.717, 1.165) is 18.5 Å². The van der Waals surface area contributed by atoms with Crippen LogP contribution in [0, 0.1) is 11.7 Å². The molecule has 0 saturated carbocycles. The van der Waals surface area contributed by atoms with Crippen molar-refractivity contribution in [2.24, 2.45) is 5.92 Å². The maximum atomic E-state index is 14.6. The number of fused-ring (bicyclic) bond motifs is 1. The molecular formula is C19H26FN3O2. The highest BCUT2D eigenvalue weighted by Gasteiger charge is 2.28. The molecule has 0 spiro atoms. The van der Waals surface area contributed by atoms with E-state index in [0.29, 0.717) is 50.9 Å². The van der Waals surface area contributed by atoms with Crippen molar-refractivity contribution in [2.75, 3.05) is 25.0 Å². The fourth-order valence-electron chi connectivity index (χ4n) is 3.63. The van der Waals surface area contributed by atoms with Gasteiger partial charge in [-0.2, -0.15) is 0 Å². The molecule has 1 aromatic rings. The van der Waals surface area contributed by atoms with Gasteiger partial charge >= 0.3 is 0 Å². The molecular weight excluding hydrogens is 321 g/mol. The maximum absolute atomic E-state index is 14.6. The van der Waals surface area contributed by atoms with Gasteiger partial charge in [-0.1, -0.05) is 13.0 Å². The van der Waals surface area contributed by atoms with E-state index >= 15 is 0 Å². The summed E-state index contributed by atoms with van der Waals surface area (Å²) in [5.41, 5.74) is 1.94. The van der Waals surface area contributed by atoms with Gasteiger partial charge in [0.05, 0.1) is 5.69 Å². The number of hydrogen-bond donors (Lipinski definition) is 2. The minimum absolute atomic E-state index is 0.143. The summed E-state index contributed by atoms with van der Waals surface area (Å²) in [7, 11) is 0. The van der Waals surface area contributed by atoms with Crippen molar-refractivity contribution in [3.63, 3.8) is 0 Å². The third-order valence-corrected chi connectivity index (χ3v) is 5.15. The summed E-state index contributed by atoms with van der Waals surface area (Å²) in [6, 6.07) is 3.53. The number of piperidine rings is 1. The van der Waals surface area contributed by atoms with Crippen LogP contribution in [0.3, 0.4) is 0 Å². The molecule has 0 bridgehead atoms. The van der Waals surface area contributed by atoms with Gasteiger partial charge in [0.2, 0.25) is 11.8 Å². The average molecular weight is 347 g/mol. The molecule has 136 valence electrons. The van der Waals surface area contributed by atoms with E-state index in [4.69, 9.17) is 0 Å². The fourth-order valence-corrected chi connectivity index (χ4v) is 3.63. The van der Waals surface area contributed by atoms with E-state index in [9.17, 15) is 14.0 Å². The second-order valence-electron chi connectivity index (χ2n) is 6.89. The highest BCUT2D eigenvalue weighted by Crippen LogP contribution is 2.26. The van der Waals surface area contributed by atoms with Crippen LogP contribution in [-0.4, -0.2) is 36.3 Å². The van der Waals surface area contributed by atoms with Crippen LogP contribution in [0.2, 0.25) is 0 Å². The van der Waals surface area contributed by atoms with Gasteiger partial charge in [-0.3, -0.25) is 9.59 Å². The standard InChI is InChI=1S/C19H26FN3O2/c1-2-3-17(24)23-10-7-13(8-11-23)19(25)22-16-5-4-14-12-21-9-6-15(14)18(16)20/h4-5,13,21H,2-3,6-12H2,1H3,(H,22,25). The smallest absolute Gasteiger partial charge is 0.227 e.